The molecule has 0 spiro atoms. The Labute approximate surface area is 155 Å². The van der Waals surface area contributed by atoms with Gasteiger partial charge >= 0.3 is 12.0 Å². The SMILES string of the molecule is CNC(=O)NC(=O)[C@@H](OC(=O)c1c(C)cc(C)nc1Cl)c1ccccc1. The van der Waals surface area contributed by atoms with Crippen molar-refractivity contribution in [3.63, 3.8) is 0 Å². The number of pyridine rings is 1. The van der Waals surface area contributed by atoms with Crippen LogP contribution in [0.1, 0.15) is 33.3 Å². The van der Waals surface area contributed by atoms with Gasteiger partial charge in [-0.2, -0.15) is 0 Å². The summed E-state index contributed by atoms with van der Waals surface area (Å²) in [6.07, 6.45) is -1.32. The molecule has 0 aliphatic carbocycles. The number of nitrogens with one attached hydrogen (secondary N) is 2. The van der Waals surface area contributed by atoms with Crippen molar-refractivity contribution in [1.82, 2.24) is 15.6 Å². The molecule has 8 heteroatoms. The monoisotopic (exact) mass is 375 g/mol. The van der Waals surface area contributed by atoms with Crippen molar-refractivity contribution in [3.8, 4) is 0 Å². The van der Waals surface area contributed by atoms with Crippen molar-refractivity contribution in [1.29, 1.82) is 0 Å². The van der Waals surface area contributed by atoms with Crippen molar-refractivity contribution >= 4 is 29.5 Å². The fraction of sp³-hybridized carbons (Fsp3) is 0.222. The van der Waals surface area contributed by atoms with Crippen LogP contribution in [0.25, 0.3) is 0 Å². The lowest BCUT2D eigenvalue weighted by Gasteiger charge is -2.18. The first-order valence-electron chi connectivity index (χ1n) is 7.75. The summed E-state index contributed by atoms with van der Waals surface area (Å²) in [5.74, 6) is -1.58. The number of urea groups is 1. The average Bonchev–Trinajstić information content (AvgIpc) is 2.59. The van der Waals surface area contributed by atoms with Gasteiger partial charge in [-0.25, -0.2) is 14.6 Å². The molecule has 1 aromatic heterocycles. The molecule has 26 heavy (non-hydrogen) atoms. The molecule has 2 aromatic rings. The lowest BCUT2D eigenvalue weighted by molar-refractivity contribution is -0.129. The van der Waals surface area contributed by atoms with E-state index in [-0.39, 0.29) is 10.7 Å². The summed E-state index contributed by atoms with van der Waals surface area (Å²) in [6, 6.07) is 9.34. The molecule has 1 atom stereocenters. The molecule has 0 bridgehead atoms. The predicted molar refractivity (Wildman–Crippen MR) is 95.9 cm³/mol. The predicted octanol–water partition coefficient (Wildman–Crippen LogP) is 2.71. The van der Waals surface area contributed by atoms with Crippen LogP contribution in [0.2, 0.25) is 5.15 Å². The molecule has 0 saturated heterocycles. The van der Waals surface area contributed by atoms with E-state index in [2.05, 4.69) is 15.6 Å². The Kier molecular flexibility index (Phi) is 6.30. The molecule has 2 rings (SSSR count). The van der Waals surface area contributed by atoms with Crippen molar-refractivity contribution < 1.29 is 19.1 Å². The molecule has 0 radical (unpaired) electrons. The maximum atomic E-state index is 12.6. The van der Waals surface area contributed by atoms with Gasteiger partial charge in [0.05, 0.1) is 5.56 Å². The van der Waals surface area contributed by atoms with E-state index in [1.54, 1.807) is 50.2 Å². The molecule has 3 amide bonds. The van der Waals surface area contributed by atoms with Gasteiger partial charge in [-0.05, 0) is 25.5 Å². The summed E-state index contributed by atoms with van der Waals surface area (Å²) in [5.41, 5.74) is 1.72. The van der Waals surface area contributed by atoms with Gasteiger partial charge in [-0.15, -0.1) is 0 Å². The summed E-state index contributed by atoms with van der Waals surface area (Å²) in [5, 5.41) is 4.37. The standard InChI is InChI=1S/C18H18ClN3O4/c1-10-9-11(2)21-15(19)13(10)17(24)26-14(12-7-5-4-6-8-12)16(23)22-18(25)20-3/h4-9,14H,1-3H3,(H2,20,22,23,25)/t14-/m0/s1. The van der Waals surface area contributed by atoms with E-state index in [0.29, 0.717) is 16.8 Å². The Hall–Kier alpha value is -2.93. The molecule has 0 aliphatic heterocycles. The molecule has 1 aromatic carbocycles. The van der Waals surface area contributed by atoms with E-state index in [0.717, 1.165) is 0 Å². The molecule has 0 unspecified atom stereocenters. The number of hydrogen-bond donors (Lipinski definition) is 2. The van der Waals surface area contributed by atoms with Gasteiger partial charge in [0.15, 0.2) is 0 Å². The second-order valence-electron chi connectivity index (χ2n) is 5.51. The number of rotatable bonds is 4. The van der Waals surface area contributed by atoms with E-state index in [9.17, 15) is 14.4 Å². The third kappa shape index (κ3) is 4.58. The van der Waals surface area contributed by atoms with Gasteiger partial charge < -0.3 is 10.1 Å². The number of aryl methyl sites for hydroxylation is 2. The van der Waals surface area contributed by atoms with E-state index in [1.807, 2.05) is 0 Å². The smallest absolute Gasteiger partial charge is 0.342 e. The number of esters is 1. The summed E-state index contributed by atoms with van der Waals surface area (Å²) < 4.78 is 5.38. The van der Waals surface area contributed by atoms with Crippen LogP contribution in [0.3, 0.4) is 0 Å². The zero-order valence-electron chi connectivity index (χ0n) is 14.5. The quantitative estimate of drug-likeness (QED) is 0.632. The van der Waals surface area contributed by atoms with Crippen LogP contribution in [0.15, 0.2) is 36.4 Å². The molecule has 2 N–H and O–H groups in total. The third-order valence-corrected chi connectivity index (χ3v) is 3.81. The molecule has 136 valence electrons. The summed E-state index contributed by atoms with van der Waals surface area (Å²) in [6.45, 7) is 3.44. The Morgan fingerprint density at radius 2 is 1.81 bits per heavy atom. The van der Waals surface area contributed by atoms with Crippen molar-refractivity contribution in [2.45, 2.75) is 20.0 Å². The first kappa shape index (κ1) is 19.4. The number of imide groups is 1. The Morgan fingerprint density at radius 3 is 2.38 bits per heavy atom. The van der Waals surface area contributed by atoms with Crippen LogP contribution in [0.5, 0.6) is 0 Å². The van der Waals surface area contributed by atoms with Gasteiger partial charge in [-0.3, -0.25) is 10.1 Å². The Bertz CT molecular complexity index is 817. The minimum Gasteiger partial charge on any atom is -0.444 e. The largest absolute Gasteiger partial charge is 0.444 e. The van der Waals surface area contributed by atoms with Gasteiger partial charge in [0.25, 0.3) is 5.91 Å². The van der Waals surface area contributed by atoms with Crippen molar-refractivity contribution in [3.05, 3.63) is 63.9 Å². The highest BCUT2D eigenvalue weighted by atomic mass is 35.5. The highest BCUT2D eigenvalue weighted by Gasteiger charge is 2.28. The fourth-order valence-electron chi connectivity index (χ4n) is 2.34. The number of halogens is 1. The van der Waals surface area contributed by atoms with E-state index < -0.39 is 24.0 Å². The van der Waals surface area contributed by atoms with Crippen molar-refractivity contribution in [2.75, 3.05) is 7.05 Å². The topological polar surface area (TPSA) is 97.4 Å². The highest BCUT2D eigenvalue weighted by Crippen LogP contribution is 2.24. The van der Waals surface area contributed by atoms with Crippen LogP contribution in [-0.2, 0) is 9.53 Å². The molecule has 0 fully saturated rings. The van der Waals surface area contributed by atoms with Crippen LogP contribution in [0.4, 0.5) is 4.79 Å². The summed E-state index contributed by atoms with van der Waals surface area (Å²) in [7, 11) is 1.37. The Morgan fingerprint density at radius 1 is 1.15 bits per heavy atom. The van der Waals surface area contributed by atoms with E-state index in [4.69, 9.17) is 16.3 Å². The first-order chi connectivity index (χ1) is 12.3. The molecule has 0 saturated carbocycles. The van der Waals surface area contributed by atoms with Crippen LogP contribution < -0.4 is 10.6 Å². The lowest BCUT2D eigenvalue weighted by atomic mass is 10.1. The number of carbonyl (C=O) groups is 3. The van der Waals surface area contributed by atoms with Gasteiger partial charge in [0, 0.05) is 18.3 Å². The Balaban J connectivity index is 2.34. The highest BCUT2D eigenvalue weighted by molar-refractivity contribution is 6.32. The van der Waals surface area contributed by atoms with Crippen LogP contribution in [-0.4, -0.2) is 29.9 Å². The van der Waals surface area contributed by atoms with E-state index in [1.165, 1.54) is 7.05 Å². The second-order valence-corrected chi connectivity index (χ2v) is 5.87. The van der Waals surface area contributed by atoms with Gasteiger partial charge in [0.2, 0.25) is 6.10 Å². The maximum Gasteiger partial charge on any atom is 0.342 e. The van der Waals surface area contributed by atoms with Crippen molar-refractivity contribution in [2.24, 2.45) is 0 Å². The third-order valence-electron chi connectivity index (χ3n) is 3.53. The number of amides is 3. The van der Waals surface area contributed by atoms with Crippen LogP contribution >= 0.6 is 11.6 Å². The first-order valence-corrected chi connectivity index (χ1v) is 8.13. The maximum absolute atomic E-state index is 12.6. The summed E-state index contributed by atoms with van der Waals surface area (Å²) >= 11 is 6.07. The number of hydrogen-bond acceptors (Lipinski definition) is 5. The minimum absolute atomic E-state index is 0.00831. The minimum atomic E-state index is -1.32. The number of aromatic nitrogens is 1. The number of ether oxygens (including phenoxy) is 1. The number of nitrogens with zero attached hydrogens (tertiary/aromatic N) is 1. The van der Waals surface area contributed by atoms with E-state index >= 15 is 0 Å². The fourth-order valence-corrected chi connectivity index (χ4v) is 2.70. The zero-order chi connectivity index (χ0) is 19.3. The summed E-state index contributed by atoms with van der Waals surface area (Å²) in [4.78, 5) is 40.5. The molecular formula is C18H18ClN3O4. The molecule has 7 nitrogen and oxygen atoms in total. The normalized spacial score (nSPS) is 11.4. The lowest BCUT2D eigenvalue weighted by Crippen LogP contribution is -2.41. The van der Waals surface area contributed by atoms with Gasteiger partial charge in [0.1, 0.15) is 5.15 Å². The number of benzene rings is 1. The molecular weight excluding hydrogens is 358 g/mol. The van der Waals surface area contributed by atoms with Crippen LogP contribution in [0, 0.1) is 13.8 Å². The molecule has 0 aliphatic rings. The van der Waals surface area contributed by atoms with Gasteiger partial charge in [-0.1, -0.05) is 41.9 Å². The zero-order valence-corrected chi connectivity index (χ0v) is 15.3. The average molecular weight is 376 g/mol. The number of carbonyl (C=O) groups excluding carboxylic acids is 3. The second kappa shape index (κ2) is 8.44. The molecule has 1 heterocycles.